The van der Waals surface area contributed by atoms with Crippen LogP contribution in [0.15, 0.2) is 30.7 Å². The summed E-state index contributed by atoms with van der Waals surface area (Å²) in [6, 6.07) is 4.99. The summed E-state index contributed by atoms with van der Waals surface area (Å²) >= 11 is 0. The number of aryl methyl sites for hydroxylation is 1. The maximum Gasteiger partial charge on any atom is 0.256 e. The third-order valence-corrected chi connectivity index (χ3v) is 4.93. The van der Waals surface area contributed by atoms with E-state index < -0.39 is 0 Å². The van der Waals surface area contributed by atoms with Crippen molar-refractivity contribution in [3.8, 4) is 5.82 Å². The van der Waals surface area contributed by atoms with Crippen molar-refractivity contribution < 1.29 is 4.79 Å². The molecule has 2 aromatic heterocycles. The molecular weight excluding hydrogens is 290 g/mol. The topological polar surface area (TPSA) is 55.1 Å². The van der Waals surface area contributed by atoms with E-state index in [0.29, 0.717) is 5.56 Å². The summed E-state index contributed by atoms with van der Waals surface area (Å²) < 4.78 is 3.67. The number of amides is 1. The summed E-state index contributed by atoms with van der Waals surface area (Å²) in [7, 11) is 1.86. The van der Waals surface area contributed by atoms with Crippen molar-refractivity contribution in [1.82, 2.24) is 24.6 Å². The molecule has 1 N–H and O–H groups in total. The quantitative estimate of drug-likeness (QED) is 0.932. The molecule has 2 fully saturated rings. The Balaban J connectivity index is 1.44. The molecule has 1 saturated carbocycles. The number of rotatable bonds is 4. The Bertz CT molecular complexity index is 678. The lowest BCUT2D eigenvalue weighted by molar-refractivity contribution is 0.0909. The molecular formula is C17H23N5O. The lowest BCUT2D eigenvalue weighted by Crippen LogP contribution is -2.45. The van der Waals surface area contributed by atoms with Gasteiger partial charge in [0.15, 0.2) is 0 Å². The maximum atomic E-state index is 12.7. The van der Waals surface area contributed by atoms with Gasteiger partial charge in [-0.15, -0.1) is 0 Å². The summed E-state index contributed by atoms with van der Waals surface area (Å²) in [4.78, 5) is 15.2. The van der Waals surface area contributed by atoms with Crippen LogP contribution in [-0.2, 0) is 7.05 Å². The molecule has 23 heavy (non-hydrogen) atoms. The molecule has 2 aromatic rings. The summed E-state index contributed by atoms with van der Waals surface area (Å²) in [5.74, 6) is 0.787. The van der Waals surface area contributed by atoms with E-state index in [4.69, 9.17) is 0 Å². The SMILES string of the molecule is Cn1ncc(C(=O)NC2CCN(C3CC3)CC2)c1-n1cccc1. The van der Waals surface area contributed by atoms with E-state index in [0.717, 1.165) is 37.8 Å². The third-order valence-electron chi connectivity index (χ3n) is 4.93. The zero-order valence-electron chi connectivity index (χ0n) is 13.5. The standard InChI is InChI=1S/C17H23N5O/c1-20-17(22-8-2-3-9-22)15(12-18-20)16(23)19-13-6-10-21(11-7-13)14-4-5-14/h2-3,8-9,12-14H,4-7,10-11H2,1H3,(H,19,23). The van der Waals surface area contributed by atoms with Gasteiger partial charge in [-0.3, -0.25) is 9.48 Å². The molecule has 0 atom stereocenters. The van der Waals surface area contributed by atoms with Crippen LogP contribution < -0.4 is 5.32 Å². The molecule has 0 unspecified atom stereocenters. The number of nitrogens with zero attached hydrogens (tertiary/aromatic N) is 4. The number of likely N-dealkylation sites (tertiary alicyclic amines) is 1. The Morgan fingerprint density at radius 3 is 2.52 bits per heavy atom. The molecule has 0 spiro atoms. The van der Waals surface area contributed by atoms with E-state index in [1.807, 2.05) is 36.1 Å². The van der Waals surface area contributed by atoms with Gasteiger partial charge in [-0.25, -0.2) is 0 Å². The van der Waals surface area contributed by atoms with Crippen LogP contribution in [0.2, 0.25) is 0 Å². The van der Waals surface area contributed by atoms with Crippen LogP contribution in [0.5, 0.6) is 0 Å². The lowest BCUT2D eigenvalue weighted by Gasteiger charge is -2.32. The van der Waals surface area contributed by atoms with Gasteiger partial charge in [0.05, 0.1) is 6.20 Å². The minimum absolute atomic E-state index is 0.0216. The van der Waals surface area contributed by atoms with Crippen LogP contribution in [0, 0.1) is 0 Å². The van der Waals surface area contributed by atoms with Crippen molar-refractivity contribution in [3.63, 3.8) is 0 Å². The van der Waals surface area contributed by atoms with Gasteiger partial charge in [-0.05, 0) is 37.8 Å². The van der Waals surface area contributed by atoms with Gasteiger partial charge in [0, 0.05) is 44.6 Å². The van der Waals surface area contributed by atoms with Gasteiger partial charge in [0.25, 0.3) is 5.91 Å². The molecule has 122 valence electrons. The monoisotopic (exact) mass is 313 g/mol. The molecule has 1 amide bonds. The first-order valence-electron chi connectivity index (χ1n) is 8.42. The van der Waals surface area contributed by atoms with Crippen molar-refractivity contribution in [2.45, 2.75) is 37.8 Å². The van der Waals surface area contributed by atoms with Crippen LogP contribution in [-0.4, -0.2) is 50.3 Å². The largest absolute Gasteiger partial charge is 0.349 e. The number of nitrogens with one attached hydrogen (secondary N) is 1. The third kappa shape index (κ3) is 2.91. The van der Waals surface area contributed by atoms with E-state index in [-0.39, 0.29) is 11.9 Å². The van der Waals surface area contributed by atoms with Crippen LogP contribution in [0.4, 0.5) is 0 Å². The van der Waals surface area contributed by atoms with Crippen LogP contribution in [0.3, 0.4) is 0 Å². The normalized spacial score (nSPS) is 19.9. The highest BCUT2D eigenvalue weighted by molar-refractivity contribution is 5.97. The second-order valence-electron chi connectivity index (χ2n) is 6.61. The van der Waals surface area contributed by atoms with E-state index in [1.165, 1.54) is 12.8 Å². The lowest BCUT2D eigenvalue weighted by atomic mass is 10.0. The van der Waals surface area contributed by atoms with Crippen molar-refractivity contribution in [2.75, 3.05) is 13.1 Å². The molecule has 1 aliphatic carbocycles. The Morgan fingerprint density at radius 2 is 1.87 bits per heavy atom. The van der Waals surface area contributed by atoms with Crippen LogP contribution in [0.25, 0.3) is 5.82 Å². The Labute approximate surface area is 136 Å². The molecule has 0 radical (unpaired) electrons. The molecule has 1 aliphatic heterocycles. The highest BCUT2D eigenvalue weighted by Gasteiger charge is 2.32. The van der Waals surface area contributed by atoms with Crippen molar-refractivity contribution in [1.29, 1.82) is 0 Å². The minimum atomic E-state index is -0.0216. The summed E-state index contributed by atoms with van der Waals surface area (Å²) in [6.07, 6.45) is 10.3. The number of hydrogen-bond donors (Lipinski definition) is 1. The second kappa shape index (κ2) is 5.85. The van der Waals surface area contributed by atoms with Crippen LogP contribution >= 0.6 is 0 Å². The zero-order chi connectivity index (χ0) is 15.8. The highest BCUT2D eigenvalue weighted by atomic mass is 16.1. The Hall–Kier alpha value is -2.08. The van der Waals surface area contributed by atoms with Gasteiger partial charge < -0.3 is 14.8 Å². The number of piperidine rings is 1. The fourth-order valence-corrected chi connectivity index (χ4v) is 3.48. The molecule has 6 nitrogen and oxygen atoms in total. The van der Waals surface area contributed by atoms with Crippen molar-refractivity contribution in [3.05, 3.63) is 36.3 Å². The van der Waals surface area contributed by atoms with Crippen molar-refractivity contribution >= 4 is 5.91 Å². The predicted octanol–water partition coefficient (Wildman–Crippen LogP) is 1.57. The Morgan fingerprint density at radius 1 is 1.17 bits per heavy atom. The first kappa shape index (κ1) is 14.5. The van der Waals surface area contributed by atoms with Crippen LogP contribution in [0.1, 0.15) is 36.0 Å². The van der Waals surface area contributed by atoms with E-state index in [9.17, 15) is 4.79 Å². The van der Waals surface area contributed by atoms with Gasteiger partial charge in [0.1, 0.15) is 11.4 Å². The van der Waals surface area contributed by atoms with E-state index >= 15 is 0 Å². The van der Waals surface area contributed by atoms with Gasteiger partial charge in [0.2, 0.25) is 0 Å². The minimum Gasteiger partial charge on any atom is -0.349 e. The fraction of sp³-hybridized carbons (Fsp3) is 0.529. The number of carbonyl (C=O) groups is 1. The van der Waals surface area contributed by atoms with E-state index in [1.54, 1.807) is 10.9 Å². The molecule has 2 aliphatic rings. The molecule has 1 saturated heterocycles. The fourth-order valence-electron chi connectivity index (χ4n) is 3.48. The summed E-state index contributed by atoms with van der Waals surface area (Å²) in [5, 5.41) is 7.46. The molecule has 0 bridgehead atoms. The summed E-state index contributed by atoms with van der Waals surface area (Å²) in [5.41, 5.74) is 0.633. The first-order chi connectivity index (χ1) is 11.2. The first-order valence-corrected chi connectivity index (χ1v) is 8.42. The van der Waals surface area contributed by atoms with Crippen molar-refractivity contribution in [2.24, 2.45) is 7.05 Å². The van der Waals surface area contributed by atoms with Gasteiger partial charge in [-0.1, -0.05) is 0 Å². The summed E-state index contributed by atoms with van der Waals surface area (Å²) in [6.45, 7) is 2.21. The highest BCUT2D eigenvalue weighted by Crippen LogP contribution is 2.29. The average molecular weight is 313 g/mol. The number of aromatic nitrogens is 3. The zero-order valence-corrected chi connectivity index (χ0v) is 13.5. The second-order valence-corrected chi connectivity index (χ2v) is 6.61. The smallest absolute Gasteiger partial charge is 0.256 e. The molecule has 6 heteroatoms. The average Bonchev–Trinajstić information content (AvgIpc) is 3.12. The maximum absolute atomic E-state index is 12.7. The molecule has 4 rings (SSSR count). The van der Waals surface area contributed by atoms with Gasteiger partial charge in [-0.2, -0.15) is 5.10 Å². The Kier molecular flexibility index (Phi) is 3.69. The number of hydrogen-bond acceptors (Lipinski definition) is 3. The molecule has 3 heterocycles. The van der Waals surface area contributed by atoms with E-state index in [2.05, 4.69) is 15.3 Å². The molecule has 0 aromatic carbocycles. The van der Waals surface area contributed by atoms with Gasteiger partial charge >= 0.3 is 0 Å². The predicted molar refractivity (Wildman–Crippen MR) is 87.6 cm³/mol. The number of carbonyl (C=O) groups excluding carboxylic acids is 1.